The number of halogens is 1. The number of phenols is 1. The van der Waals surface area contributed by atoms with Gasteiger partial charge in [-0.05, 0) is 40.2 Å². The molecule has 0 aliphatic carbocycles. The maximum atomic E-state index is 9.24. The van der Waals surface area contributed by atoms with Crippen LogP contribution in [0.15, 0.2) is 40.9 Å². The summed E-state index contributed by atoms with van der Waals surface area (Å²) in [5, 5.41) is 34.7. The van der Waals surface area contributed by atoms with Crippen molar-refractivity contribution in [3.05, 3.63) is 52.0 Å². The summed E-state index contributed by atoms with van der Waals surface area (Å²) in [6.07, 6.45) is 0. The molecular weight excluding hydrogens is 391 g/mol. The summed E-state index contributed by atoms with van der Waals surface area (Å²) in [7, 11) is 1.97. The van der Waals surface area contributed by atoms with Gasteiger partial charge >= 0.3 is 7.69 Å². The Labute approximate surface area is 154 Å². The van der Waals surface area contributed by atoms with Crippen LogP contribution in [0.4, 0.5) is 0 Å². The smallest absolute Gasteiger partial charge is 0.535 e. The number of nitrogens with zero attached hydrogens (tertiary/aromatic N) is 2. The van der Waals surface area contributed by atoms with Gasteiger partial charge in [0.25, 0.3) is 0 Å². The second-order valence-corrected chi connectivity index (χ2v) is 5.12. The SMILES string of the molecule is COCOc1c(Br)cccc1C#N.N#Cc1cccc(O[B]O)c1O. The highest BCUT2D eigenvalue weighted by Gasteiger charge is 2.07. The standard InChI is InChI=1S/C9H8BrNO2.C7H5BNO3/c1-12-6-13-9-7(5-11)3-2-4-8(9)10;9-4-5-2-1-3-6(7(5)10)12-8-11/h2-4H,6H2,1H3;1-3,10-11H. The molecule has 7 nitrogen and oxygen atoms in total. The van der Waals surface area contributed by atoms with Crippen LogP contribution in [0.5, 0.6) is 17.2 Å². The molecule has 0 amide bonds. The van der Waals surface area contributed by atoms with E-state index < -0.39 is 0 Å². The number of aromatic hydroxyl groups is 1. The van der Waals surface area contributed by atoms with Crippen molar-refractivity contribution in [1.29, 1.82) is 10.5 Å². The molecule has 0 fully saturated rings. The van der Waals surface area contributed by atoms with Crippen molar-refractivity contribution in [1.82, 2.24) is 0 Å². The van der Waals surface area contributed by atoms with Crippen LogP contribution in [-0.2, 0) is 4.74 Å². The number of nitriles is 2. The van der Waals surface area contributed by atoms with E-state index in [2.05, 4.69) is 20.6 Å². The Balaban J connectivity index is 0.000000251. The Kier molecular flexibility index (Phi) is 8.90. The van der Waals surface area contributed by atoms with Crippen molar-refractivity contribution >= 4 is 23.6 Å². The molecule has 0 heterocycles. The third-order valence-corrected chi connectivity index (χ3v) is 3.33. The molecule has 0 saturated carbocycles. The summed E-state index contributed by atoms with van der Waals surface area (Å²) in [5.41, 5.74) is 0.598. The Hall–Kier alpha value is -2.72. The highest BCUT2D eigenvalue weighted by molar-refractivity contribution is 9.10. The van der Waals surface area contributed by atoms with Crippen LogP contribution in [-0.4, -0.2) is 31.7 Å². The summed E-state index contributed by atoms with van der Waals surface area (Å²) in [5.74, 6) is 0.300. The maximum absolute atomic E-state index is 9.24. The molecule has 0 atom stereocenters. The van der Waals surface area contributed by atoms with Gasteiger partial charge < -0.3 is 24.3 Å². The third-order valence-electron chi connectivity index (χ3n) is 2.71. The number of benzene rings is 2. The zero-order chi connectivity index (χ0) is 18.7. The molecule has 0 aliphatic rings. The number of para-hydroxylation sites is 2. The molecule has 0 spiro atoms. The highest BCUT2D eigenvalue weighted by atomic mass is 79.9. The van der Waals surface area contributed by atoms with Crippen LogP contribution in [0, 0.1) is 22.7 Å². The van der Waals surface area contributed by atoms with Gasteiger partial charge in [0.05, 0.1) is 15.6 Å². The van der Waals surface area contributed by atoms with Crippen LogP contribution in [0.1, 0.15) is 11.1 Å². The lowest BCUT2D eigenvalue weighted by Gasteiger charge is -2.07. The summed E-state index contributed by atoms with van der Waals surface area (Å²) in [6, 6.07) is 13.5. The molecule has 1 radical (unpaired) electrons. The van der Waals surface area contributed by atoms with Crippen LogP contribution in [0.3, 0.4) is 0 Å². The minimum absolute atomic E-state index is 0.0524. The van der Waals surface area contributed by atoms with E-state index in [1.54, 1.807) is 18.2 Å². The zero-order valence-corrected chi connectivity index (χ0v) is 14.7. The molecule has 127 valence electrons. The van der Waals surface area contributed by atoms with Crippen molar-refractivity contribution in [2.45, 2.75) is 0 Å². The van der Waals surface area contributed by atoms with Gasteiger partial charge in [0.2, 0.25) is 0 Å². The first-order valence-electron chi connectivity index (χ1n) is 6.74. The Morgan fingerprint density at radius 1 is 1.12 bits per heavy atom. The normalized spacial score (nSPS) is 9.00. The minimum Gasteiger partial charge on any atom is -0.535 e. The van der Waals surface area contributed by atoms with Crippen molar-refractivity contribution in [2.75, 3.05) is 13.9 Å². The quantitative estimate of drug-likeness (QED) is 0.581. The lowest BCUT2D eigenvalue weighted by Crippen LogP contribution is -2.01. The molecule has 2 aromatic rings. The fraction of sp³-hybridized carbons (Fsp3) is 0.125. The van der Waals surface area contributed by atoms with E-state index in [9.17, 15) is 5.11 Å². The van der Waals surface area contributed by atoms with Gasteiger partial charge in [0.1, 0.15) is 17.9 Å². The second-order valence-electron chi connectivity index (χ2n) is 4.27. The van der Waals surface area contributed by atoms with Crippen molar-refractivity contribution in [3.8, 4) is 29.4 Å². The van der Waals surface area contributed by atoms with Gasteiger partial charge in [-0.25, -0.2) is 0 Å². The van der Waals surface area contributed by atoms with Gasteiger partial charge in [-0.15, -0.1) is 0 Å². The molecule has 0 aromatic heterocycles. The fourth-order valence-corrected chi connectivity index (χ4v) is 2.11. The first kappa shape index (κ1) is 20.3. The average molecular weight is 404 g/mol. The average Bonchev–Trinajstić information content (AvgIpc) is 2.63. The van der Waals surface area contributed by atoms with Gasteiger partial charge in [0.15, 0.2) is 18.3 Å². The fourth-order valence-electron chi connectivity index (χ4n) is 1.63. The highest BCUT2D eigenvalue weighted by Crippen LogP contribution is 2.29. The molecule has 0 unspecified atom stereocenters. The number of ether oxygens (including phenoxy) is 2. The molecule has 2 N–H and O–H groups in total. The van der Waals surface area contributed by atoms with Crippen LogP contribution in [0.25, 0.3) is 0 Å². The van der Waals surface area contributed by atoms with E-state index in [0.29, 0.717) is 19.0 Å². The van der Waals surface area contributed by atoms with E-state index in [4.69, 9.17) is 25.0 Å². The van der Waals surface area contributed by atoms with E-state index in [0.717, 1.165) is 4.47 Å². The lowest BCUT2D eigenvalue weighted by atomic mass is 10.2. The van der Waals surface area contributed by atoms with Crippen molar-refractivity contribution in [3.63, 3.8) is 0 Å². The second kappa shape index (κ2) is 10.9. The summed E-state index contributed by atoms with van der Waals surface area (Å²) in [6.45, 7) is 0.136. The molecule has 0 saturated heterocycles. The Morgan fingerprint density at radius 2 is 1.76 bits per heavy atom. The molecule has 25 heavy (non-hydrogen) atoms. The number of rotatable bonds is 5. The molecule has 0 bridgehead atoms. The van der Waals surface area contributed by atoms with Crippen LogP contribution in [0.2, 0.25) is 0 Å². The van der Waals surface area contributed by atoms with Crippen LogP contribution < -0.4 is 9.39 Å². The van der Waals surface area contributed by atoms with Gasteiger partial charge in [-0.3, -0.25) is 0 Å². The van der Waals surface area contributed by atoms with Crippen molar-refractivity contribution in [2.24, 2.45) is 0 Å². The molecule has 2 aromatic carbocycles. The molecule has 0 aliphatic heterocycles. The van der Waals surface area contributed by atoms with E-state index in [1.807, 2.05) is 12.1 Å². The zero-order valence-electron chi connectivity index (χ0n) is 13.1. The summed E-state index contributed by atoms with van der Waals surface area (Å²) in [4.78, 5) is 0. The van der Waals surface area contributed by atoms with Crippen molar-refractivity contribution < 1.29 is 24.3 Å². The number of phenolic OH excluding ortho intramolecular Hbond substituents is 1. The predicted molar refractivity (Wildman–Crippen MR) is 92.8 cm³/mol. The molecule has 9 heteroatoms. The summed E-state index contributed by atoms with van der Waals surface area (Å²) < 4.78 is 15.2. The third kappa shape index (κ3) is 6.01. The van der Waals surface area contributed by atoms with Gasteiger partial charge in [-0.1, -0.05) is 12.1 Å². The maximum Gasteiger partial charge on any atom is 0.569 e. The largest absolute Gasteiger partial charge is 0.569 e. The van der Waals surface area contributed by atoms with E-state index in [-0.39, 0.29) is 23.9 Å². The lowest BCUT2D eigenvalue weighted by molar-refractivity contribution is 0.0504. The monoisotopic (exact) mass is 403 g/mol. The predicted octanol–water partition coefficient (Wildman–Crippen LogP) is 2.47. The Morgan fingerprint density at radius 3 is 2.36 bits per heavy atom. The number of hydrogen-bond acceptors (Lipinski definition) is 7. The minimum atomic E-state index is -0.273. The summed E-state index contributed by atoms with van der Waals surface area (Å²) >= 11 is 3.29. The van der Waals surface area contributed by atoms with Gasteiger partial charge in [0, 0.05) is 7.11 Å². The molecular formula is C16H13BBrN2O5. The van der Waals surface area contributed by atoms with Gasteiger partial charge in [-0.2, -0.15) is 10.5 Å². The number of methoxy groups -OCH3 is 1. The molecule has 2 rings (SSSR count). The number of hydrogen-bond donors (Lipinski definition) is 2. The first-order chi connectivity index (χ1) is 12.1. The first-order valence-corrected chi connectivity index (χ1v) is 7.53. The van der Waals surface area contributed by atoms with Crippen LogP contribution >= 0.6 is 15.9 Å². The topological polar surface area (TPSA) is 116 Å². The Bertz CT molecular complexity index is 789. The van der Waals surface area contributed by atoms with E-state index in [1.165, 1.54) is 25.3 Å². The van der Waals surface area contributed by atoms with E-state index >= 15 is 0 Å².